The minimum absolute atomic E-state index is 0.00110. The third-order valence-electron chi connectivity index (χ3n) is 3.27. The molecule has 2 aromatic carbocycles. The number of fused-ring (bicyclic) bond motifs is 1. The summed E-state index contributed by atoms with van der Waals surface area (Å²) in [7, 11) is 0. The molecule has 0 aliphatic rings. The van der Waals surface area contributed by atoms with Crippen molar-refractivity contribution >= 4 is 10.9 Å². The van der Waals surface area contributed by atoms with E-state index in [0.29, 0.717) is 0 Å². The SMILES string of the molecule is Cc1ccc2nc(-c3ccccc3)c(CO)cc2c1. The van der Waals surface area contributed by atoms with E-state index in [-0.39, 0.29) is 6.61 Å². The summed E-state index contributed by atoms with van der Waals surface area (Å²) in [6, 6.07) is 18.2. The van der Waals surface area contributed by atoms with E-state index in [2.05, 4.69) is 19.1 Å². The number of aliphatic hydroxyl groups is 1. The Labute approximate surface area is 112 Å². The molecule has 0 saturated heterocycles. The van der Waals surface area contributed by atoms with Gasteiger partial charge in [0.25, 0.3) is 0 Å². The number of aliphatic hydroxyl groups excluding tert-OH is 1. The first kappa shape index (κ1) is 11.9. The number of rotatable bonds is 2. The number of hydrogen-bond donors (Lipinski definition) is 1. The summed E-state index contributed by atoms with van der Waals surface area (Å²) in [6.07, 6.45) is 0. The Kier molecular flexibility index (Phi) is 3.02. The van der Waals surface area contributed by atoms with E-state index in [4.69, 9.17) is 4.98 Å². The molecule has 0 saturated carbocycles. The number of nitrogens with zero attached hydrogens (tertiary/aromatic N) is 1. The average Bonchev–Trinajstić information content (AvgIpc) is 2.46. The van der Waals surface area contributed by atoms with E-state index < -0.39 is 0 Å². The standard InChI is InChI=1S/C17H15NO/c1-12-7-8-16-14(9-12)10-15(11-19)17(18-16)13-5-3-2-4-6-13/h2-10,19H,11H2,1H3. The fourth-order valence-corrected chi connectivity index (χ4v) is 2.31. The Bertz CT molecular complexity index is 720. The van der Waals surface area contributed by atoms with E-state index in [1.165, 1.54) is 5.56 Å². The van der Waals surface area contributed by atoms with Gasteiger partial charge in [-0.1, -0.05) is 42.0 Å². The van der Waals surface area contributed by atoms with E-state index in [1.807, 2.05) is 42.5 Å². The molecule has 0 aliphatic heterocycles. The van der Waals surface area contributed by atoms with Gasteiger partial charge in [-0.2, -0.15) is 0 Å². The van der Waals surface area contributed by atoms with Gasteiger partial charge in [-0.15, -0.1) is 0 Å². The molecule has 0 bridgehead atoms. The molecule has 0 aliphatic carbocycles. The van der Waals surface area contributed by atoms with Gasteiger partial charge in [0.15, 0.2) is 0 Å². The van der Waals surface area contributed by atoms with Crippen LogP contribution in [0.4, 0.5) is 0 Å². The summed E-state index contributed by atoms with van der Waals surface area (Å²) in [5.74, 6) is 0. The molecule has 0 atom stereocenters. The maximum absolute atomic E-state index is 9.57. The van der Waals surface area contributed by atoms with E-state index in [0.717, 1.165) is 27.7 Å². The Balaban J connectivity index is 2.27. The molecule has 3 rings (SSSR count). The van der Waals surface area contributed by atoms with Crippen LogP contribution in [0.3, 0.4) is 0 Å². The molecule has 19 heavy (non-hydrogen) atoms. The monoisotopic (exact) mass is 249 g/mol. The quantitative estimate of drug-likeness (QED) is 0.751. The first-order valence-electron chi connectivity index (χ1n) is 6.34. The number of aromatic nitrogens is 1. The molecule has 2 heteroatoms. The highest BCUT2D eigenvalue weighted by Crippen LogP contribution is 2.26. The lowest BCUT2D eigenvalue weighted by Gasteiger charge is -2.09. The summed E-state index contributed by atoms with van der Waals surface area (Å²) < 4.78 is 0. The van der Waals surface area contributed by atoms with Crippen LogP contribution in [0.5, 0.6) is 0 Å². The van der Waals surface area contributed by atoms with Crippen molar-refractivity contribution in [2.45, 2.75) is 13.5 Å². The maximum Gasteiger partial charge on any atom is 0.0764 e. The van der Waals surface area contributed by atoms with Crippen molar-refractivity contribution in [3.63, 3.8) is 0 Å². The zero-order chi connectivity index (χ0) is 13.2. The molecule has 0 fully saturated rings. The highest BCUT2D eigenvalue weighted by atomic mass is 16.3. The summed E-state index contributed by atoms with van der Waals surface area (Å²) in [5, 5.41) is 10.6. The molecule has 2 nitrogen and oxygen atoms in total. The molecule has 1 aromatic heterocycles. The predicted molar refractivity (Wildman–Crippen MR) is 77.8 cm³/mol. The van der Waals surface area contributed by atoms with Gasteiger partial charge in [0.1, 0.15) is 0 Å². The van der Waals surface area contributed by atoms with Gasteiger partial charge in [-0.25, -0.2) is 4.98 Å². The smallest absolute Gasteiger partial charge is 0.0764 e. The fraction of sp³-hybridized carbons (Fsp3) is 0.118. The van der Waals surface area contributed by atoms with Crippen molar-refractivity contribution in [2.75, 3.05) is 0 Å². The van der Waals surface area contributed by atoms with Crippen LogP contribution in [0.2, 0.25) is 0 Å². The van der Waals surface area contributed by atoms with Gasteiger partial charge in [-0.3, -0.25) is 0 Å². The van der Waals surface area contributed by atoms with Crippen molar-refractivity contribution in [2.24, 2.45) is 0 Å². The third-order valence-corrected chi connectivity index (χ3v) is 3.27. The van der Waals surface area contributed by atoms with E-state index in [9.17, 15) is 5.11 Å². The highest BCUT2D eigenvalue weighted by Gasteiger charge is 2.08. The predicted octanol–water partition coefficient (Wildman–Crippen LogP) is 3.70. The second-order valence-electron chi connectivity index (χ2n) is 4.72. The average molecular weight is 249 g/mol. The molecule has 1 heterocycles. The minimum atomic E-state index is 0.00110. The molecule has 94 valence electrons. The Morgan fingerprint density at radius 1 is 1.00 bits per heavy atom. The van der Waals surface area contributed by atoms with Gasteiger partial charge in [-0.05, 0) is 25.1 Å². The molecule has 0 radical (unpaired) electrons. The van der Waals surface area contributed by atoms with Crippen LogP contribution in [0.25, 0.3) is 22.2 Å². The lowest BCUT2D eigenvalue weighted by atomic mass is 10.0. The summed E-state index contributed by atoms with van der Waals surface area (Å²) in [4.78, 5) is 4.70. The van der Waals surface area contributed by atoms with Gasteiger partial charge in [0, 0.05) is 16.5 Å². The van der Waals surface area contributed by atoms with Crippen molar-refractivity contribution in [1.82, 2.24) is 4.98 Å². The Morgan fingerprint density at radius 2 is 1.79 bits per heavy atom. The van der Waals surface area contributed by atoms with Crippen LogP contribution in [-0.2, 0) is 6.61 Å². The molecule has 1 N–H and O–H groups in total. The van der Waals surface area contributed by atoms with Crippen LogP contribution in [0, 0.1) is 6.92 Å². The van der Waals surface area contributed by atoms with Gasteiger partial charge in [0.05, 0.1) is 17.8 Å². The highest BCUT2D eigenvalue weighted by molar-refractivity contribution is 5.83. The van der Waals surface area contributed by atoms with E-state index >= 15 is 0 Å². The van der Waals surface area contributed by atoms with Crippen molar-refractivity contribution in [3.8, 4) is 11.3 Å². The van der Waals surface area contributed by atoms with Crippen LogP contribution in [0.15, 0.2) is 54.6 Å². The molecule has 0 unspecified atom stereocenters. The molecular weight excluding hydrogens is 234 g/mol. The number of aryl methyl sites for hydroxylation is 1. The van der Waals surface area contributed by atoms with Crippen LogP contribution >= 0.6 is 0 Å². The Hall–Kier alpha value is -2.19. The van der Waals surface area contributed by atoms with Crippen molar-refractivity contribution in [3.05, 3.63) is 65.7 Å². The minimum Gasteiger partial charge on any atom is -0.392 e. The summed E-state index contributed by atoms with van der Waals surface area (Å²) in [6.45, 7) is 2.06. The van der Waals surface area contributed by atoms with Gasteiger partial charge < -0.3 is 5.11 Å². The molecule has 0 amide bonds. The van der Waals surface area contributed by atoms with Crippen molar-refractivity contribution < 1.29 is 5.11 Å². The lowest BCUT2D eigenvalue weighted by Crippen LogP contribution is -1.94. The van der Waals surface area contributed by atoms with E-state index in [1.54, 1.807) is 0 Å². The maximum atomic E-state index is 9.57. The van der Waals surface area contributed by atoms with Crippen LogP contribution in [-0.4, -0.2) is 10.1 Å². The third kappa shape index (κ3) is 2.23. The first-order chi connectivity index (χ1) is 9.28. The second kappa shape index (κ2) is 4.82. The topological polar surface area (TPSA) is 33.1 Å². The molecule has 3 aromatic rings. The van der Waals surface area contributed by atoms with Gasteiger partial charge in [0.2, 0.25) is 0 Å². The first-order valence-corrected chi connectivity index (χ1v) is 6.34. The van der Waals surface area contributed by atoms with Crippen LogP contribution in [0.1, 0.15) is 11.1 Å². The van der Waals surface area contributed by atoms with Crippen LogP contribution < -0.4 is 0 Å². The largest absolute Gasteiger partial charge is 0.392 e. The van der Waals surface area contributed by atoms with Gasteiger partial charge >= 0.3 is 0 Å². The zero-order valence-electron chi connectivity index (χ0n) is 10.8. The Morgan fingerprint density at radius 3 is 2.53 bits per heavy atom. The van der Waals surface area contributed by atoms with Crippen molar-refractivity contribution in [1.29, 1.82) is 0 Å². The molecular formula is C17H15NO. The zero-order valence-corrected chi connectivity index (χ0v) is 10.8. The number of pyridine rings is 1. The lowest BCUT2D eigenvalue weighted by molar-refractivity contribution is 0.282. The summed E-state index contributed by atoms with van der Waals surface area (Å²) >= 11 is 0. The normalized spacial score (nSPS) is 10.8. The fourth-order valence-electron chi connectivity index (χ4n) is 2.31. The number of benzene rings is 2. The summed E-state index contributed by atoms with van der Waals surface area (Å²) in [5.41, 5.74) is 4.92. The number of hydrogen-bond acceptors (Lipinski definition) is 2. The second-order valence-corrected chi connectivity index (χ2v) is 4.72. The molecule has 0 spiro atoms.